The van der Waals surface area contributed by atoms with Gasteiger partial charge in [-0.1, -0.05) is 129 Å². The zero-order valence-electron chi connectivity index (χ0n) is 29.1. The summed E-state index contributed by atoms with van der Waals surface area (Å²) >= 11 is 1.88. The van der Waals surface area contributed by atoms with Gasteiger partial charge in [0.25, 0.3) is 0 Å². The molecule has 7 aromatic carbocycles. The fourth-order valence-corrected chi connectivity index (χ4v) is 9.39. The van der Waals surface area contributed by atoms with E-state index >= 15 is 0 Å². The molecule has 3 heteroatoms. The van der Waals surface area contributed by atoms with Crippen LogP contribution in [0.1, 0.15) is 25.0 Å². The molecule has 0 radical (unpaired) electrons. The fourth-order valence-electron chi connectivity index (χ4n) is 8.22. The lowest BCUT2D eigenvalue weighted by atomic mass is 9.82. The van der Waals surface area contributed by atoms with E-state index in [-0.39, 0.29) is 5.41 Å². The number of aromatic nitrogens is 1. The number of fused-ring (bicyclic) bond motifs is 6. The van der Waals surface area contributed by atoms with E-state index in [0.717, 1.165) is 17.1 Å². The Bertz CT molecular complexity index is 2740. The van der Waals surface area contributed by atoms with Gasteiger partial charge in [0.2, 0.25) is 0 Å². The lowest BCUT2D eigenvalue weighted by Gasteiger charge is -2.28. The highest BCUT2D eigenvalue weighted by molar-refractivity contribution is 7.23. The molecule has 0 fully saturated rings. The Balaban J connectivity index is 1.07. The second-order valence-corrected chi connectivity index (χ2v) is 15.3. The third kappa shape index (κ3) is 4.85. The molecule has 0 saturated carbocycles. The summed E-state index contributed by atoms with van der Waals surface area (Å²) in [4.78, 5) is 3.67. The molecule has 0 N–H and O–H groups in total. The first kappa shape index (κ1) is 30.6. The molecule has 1 aliphatic carbocycles. The summed E-state index contributed by atoms with van der Waals surface area (Å²) in [5.41, 5.74) is 16.1. The van der Waals surface area contributed by atoms with Gasteiger partial charge in [0.1, 0.15) is 0 Å². The number of para-hydroxylation sites is 2. The Hall–Kier alpha value is -6.16. The molecule has 0 atom stereocenters. The van der Waals surface area contributed by atoms with Gasteiger partial charge in [-0.3, -0.25) is 0 Å². The standard InChI is InChI=1S/C49H36N2S/c1-49(2)43-21-13-12-20-40(43)41-28-27-39(31-44(41)49)50(36-16-8-4-9-17-36)38-25-22-33(23-26-38)35-24-29-45-42(30-35)48-46(51(45)37-18-10-5-11-19-37)32-47(52-48)34-14-6-3-7-15-34/h3-32H,1-2H3. The maximum atomic E-state index is 2.41. The number of hydrogen-bond donors (Lipinski definition) is 0. The molecule has 0 bridgehead atoms. The van der Waals surface area contributed by atoms with Crippen LogP contribution < -0.4 is 4.90 Å². The van der Waals surface area contributed by atoms with Gasteiger partial charge in [-0.2, -0.15) is 0 Å². The summed E-state index contributed by atoms with van der Waals surface area (Å²) in [5.74, 6) is 0. The Morgan fingerprint density at radius 2 is 1.08 bits per heavy atom. The van der Waals surface area contributed by atoms with Crippen LogP contribution in [0.2, 0.25) is 0 Å². The summed E-state index contributed by atoms with van der Waals surface area (Å²) in [6.07, 6.45) is 0. The first-order valence-electron chi connectivity index (χ1n) is 17.9. The molecule has 9 aromatic rings. The van der Waals surface area contributed by atoms with Crippen LogP contribution in [0, 0.1) is 0 Å². The molecule has 2 nitrogen and oxygen atoms in total. The third-order valence-corrected chi connectivity index (χ3v) is 12.0. The second kappa shape index (κ2) is 12.0. The third-order valence-electron chi connectivity index (χ3n) is 10.8. The van der Waals surface area contributed by atoms with Crippen molar-refractivity contribution in [3.8, 4) is 38.4 Å². The zero-order valence-corrected chi connectivity index (χ0v) is 29.9. The molecule has 1 aliphatic rings. The van der Waals surface area contributed by atoms with Crippen LogP contribution in [0.5, 0.6) is 0 Å². The monoisotopic (exact) mass is 684 g/mol. The molecule has 0 unspecified atom stereocenters. The van der Waals surface area contributed by atoms with Crippen molar-refractivity contribution in [2.24, 2.45) is 0 Å². The molecular weight excluding hydrogens is 649 g/mol. The maximum absolute atomic E-state index is 2.41. The van der Waals surface area contributed by atoms with Gasteiger partial charge in [0.05, 0.1) is 15.7 Å². The van der Waals surface area contributed by atoms with Crippen LogP contribution in [-0.4, -0.2) is 4.57 Å². The number of nitrogens with zero attached hydrogens (tertiary/aromatic N) is 2. The van der Waals surface area contributed by atoms with Crippen molar-refractivity contribution >= 4 is 49.5 Å². The summed E-state index contributed by atoms with van der Waals surface area (Å²) in [5, 5.41) is 1.28. The minimum absolute atomic E-state index is 0.0674. The van der Waals surface area contributed by atoms with Crippen molar-refractivity contribution < 1.29 is 0 Å². The average Bonchev–Trinajstić information content (AvgIpc) is 3.83. The molecule has 2 aromatic heterocycles. The van der Waals surface area contributed by atoms with E-state index in [9.17, 15) is 0 Å². The highest BCUT2D eigenvalue weighted by Gasteiger charge is 2.35. The Kier molecular flexibility index (Phi) is 7.06. The van der Waals surface area contributed by atoms with Crippen molar-refractivity contribution in [2.75, 3.05) is 4.90 Å². The minimum atomic E-state index is -0.0674. The predicted octanol–water partition coefficient (Wildman–Crippen LogP) is 14.0. The lowest BCUT2D eigenvalue weighted by molar-refractivity contribution is 0.660. The van der Waals surface area contributed by atoms with Crippen molar-refractivity contribution in [3.05, 3.63) is 193 Å². The first-order chi connectivity index (χ1) is 25.5. The number of anilines is 3. The van der Waals surface area contributed by atoms with Gasteiger partial charge in [-0.05, 0) is 106 Å². The van der Waals surface area contributed by atoms with Crippen molar-refractivity contribution in [3.63, 3.8) is 0 Å². The van der Waals surface area contributed by atoms with Crippen molar-refractivity contribution in [2.45, 2.75) is 19.3 Å². The molecule has 0 saturated heterocycles. The van der Waals surface area contributed by atoms with Gasteiger partial charge in [0, 0.05) is 38.4 Å². The van der Waals surface area contributed by atoms with Crippen molar-refractivity contribution in [1.29, 1.82) is 0 Å². The second-order valence-electron chi connectivity index (χ2n) is 14.2. The number of hydrogen-bond acceptors (Lipinski definition) is 2. The van der Waals surface area contributed by atoms with E-state index in [1.807, 2.05) is 11.3 Å². The highest BCUT2D eigenvalue weighted by atomic mass is 32.1. The molecule has 52 heavy (non-hydrogen) atoms. The van der Waals surface area contributed by atoms with Crippen molar-refractivity contribution in [1.82, 2.24) is 4.57 Å². The molecule has 248 valence electrons. The molecule has 0 aliphatic heterocycles. The fraction of sp³-hybridized carbons (Fsp3) is 0.0612. The largest absolute Gasteiger partial charge is 0.310 e. The maximum Gasteiger partial charge on any atom is 0.0655 e. The van der Waals surface area contributed by atoms with Gasteiger partial charge < -0.3 is 9.47 Å². The van der Waals surface area contributed by atoms with Crippen LogP contribution in [0.4, 0.5) is 17.1 Å². The summed E-state index contributed by atoms with van der Waals surface area (Å²) in [7, 11) is 0. The van der Waals surface area contributed by atoms with E-state index in [1.54, 1.807) is 0 Å². The number of benzene rings is 7. The molecule has 0 amide bonds. The van der Waals surface area contributed by atoms with E-state index in [4.69, 9.17) is 0 Å². The van der Waals surface area contributed by atoms with Crippen LogP contribution in [0.15, 0.2) is 182 Å². The van der Waals surface area contributed by atoms with Crippen LogP contribution in [0.3, 0.4) is 0 Å². The van der Waals surface area contributed by atoms with Gasteiger partial charge in [-0.25, -0.2) is 0 Å². The summed E-state index contributed by atoms with van der Waals surface area (Å²) < 4.78 is 3.72. The lowest BCUT2D eigenvalue weighted by Crippen LogP contribution is -2.16. The highest BCUT2D eigenvalue weighted by Crippen LogP contribution is 2.51. The molecule has 10 rings (SSSR count). The van der Waals surface area contributed by atoms with Crippen LogP contribution >= 0.6 is 11.3 Å². The van der Waals surface area contributed by atoms with E-state index in [2.05, 4.69) is 205 Å². The SMILES string of the molecule is CC1(C)c2ccccc2-c2ccc(N(c3ccccc3)c3ccc(-c4ccc5c(c4)c4sc(-c6ccccc6)cc4n5-c4ccccc4)cc3)cc21. The van der Waals surface area contributed by atoms with Gasteiger partial charge in [-0.15, -0.1) is 11.3 Å². The smallest absolute Gasteiger partial charge is 0.0655 e. The van der Waals surface area contributed by atoms with Crippen LogP contribution in [-0.2, 0) is 5.41 Å². The topological polar surface area (TPSA) is 8.17 Å². The normalized spacial score (nSPS) is 13.0. The molecular formula is C49H36N2S. The summed E-state index contributed by atoms with van der Waals surface area (Å²) in [6.45, 7) is 4.70. The van der Waals surface area contributed by atoms with E-state index in [1.165, 1.54) is 70.6 Å². The number of rotatable bonds is 6. The average molecular weight is 685 g/mol. The number of thiophene rings is 1. The van der Waals surface area contributed by atoms with E-state index in [0.29, 0.717) is 0 Å². The Morgan fingerprint density at radius 3 is 1.85 bits per heavy atom. The van der Waals surface area contributed by atoms with Gasteiger partial charge >= 0.3 is 0 Å². The van der Waals surface area contributed by atoms with Crippen LogP contribution in [0.25, 0.3) is 59.5 Å². The minimum Gasteiger partial charge on any atom is -0.310 e. The Morgan fingerprint density at radius 1 is 0.462 bits per heavy atom. The summed E-state index contributed by atoms with van der Waals surface area (Å²) in [6, 6.07) is 66.4. The predicted molar refractivity (Wildman–Crippen MR) is 222 cm³/mol. The van der Waals surface area contributed by atoms with E-state index < -0.39 is 0 Å². The quantitative estimate of drug-likeness (QED) is 0.169. The Labute approximate surface area is 308 Å². The molecule has 2 heterocycles. The molecule has 0 spiro atoms. The van der Waals surface area contributed by atoms with Gasteiger partial charge in [0.15, 0.2) is 0 Å². The zero-order chi connectivity index (χ0) is 34.8. The first-order valence-corrected chi connectivity index (χ1v) is 18.8.